The Kier molecular flexibility index (Phi) is 2.51. The van der Waals surface area contributed by atoms with Crippen molar-refractivity contribution >= 4 is 5.97 Å². The van der Waals surface area contributed by atoms with Gasteiger partial charge in [-0.2, -0.15) is 0 Å². The van der Waals surface area contributed by atoms with Gasteiger partial charge in [0, 0.05) is 5.92 Å². The number of hydrogen-bond acceptors (Lipinski definition) is 2. The number of carboxylic acids is 1. The van der Waals surface area contributed by atoms with Crippen molar-refractivity contribution in [2.24, 2.45) is 29.6 Å². The summed E-state index contributed by atoms with van der Waals surface area (Å²) in [6.07, 6.45) is 6.34. The van der Waals surface area contributed by atoms with Gasteiger partial charge in [0.05, 0.1) is 0 Å². The monoisotopic (exact) mass is 238 g/mol. The van der Waals surface area contributed by atoms with Crippen LogP contribution in [0.1, 0.15) is 45.4 Å². The molecule has 0 spiro atoms. The second-order valence-corrected chi connectivity index (χ2v) is 6.54. The van der Waals surface area contributed by atoms with E-state index >= 15 is 0 Å². The number of aliphatic carboxylic acids is 1. The molecule has 0 amide bonds. The largest absolute Gasteiger partial charge is 0.479 e. The fourth-order valence-electron chi connectivity index (χ4n) is 5.23. The number of carboxylic acid groups (broad SMARTS) is 1. The number of carbonyl (C=O) groups is 1. The highest BCUT2D eigenvalue weighted by Crippen LogP contribution is 2.59. The van der Waals surface area contributed by atoms with Crippen LogP contribution in [-0.4, -0.2) is 21.8 Å². The van der Waals surface area contributed by atoms with Crippen LogP contribution in [0.3, 0.4) is 0 Å². The van der Waals surface area contributed by atoms with E-state index in [1.807, 2.05) is 0 Å². The lowest BCUT2D eigenvalue weighted by molar-refractivity contribution is -0.187. The number of hydrogen-bond donors (Lipinski definition) is 2. The third-order valence-corrected chi connectivity index (χ3v) is 5.69. The molecule has 0 aromatic heterocycles. The SMILES string of the molecule is CCC(O)(C(=O)O)C1C2CC3CC(C2)CC1C3. The van der Waals surface area contributed by atoms with Crippen molar-refractivity contribution in [3.8, 4) is 0 Å². The molecule has 1 unspecified atom stereocenters. The molecule has 0 saturated heterocycles. The predicted octanol–water partition coefficient (Wildman–Crippen LogP) is 2.28. The Labute approximate surface area is 102 Å². The number of rotatable bonds is 3. The molecule has 1 atom stereocenters. The van der Waals surface area contributed by atoms with Crippen LogP contribution in [0.15, 0.2) is 0 Å². The molecular weight excluding hydrogens is 216 g/mol. The van der Waals surface area contributed by atoms with Gasteiger partial charge in [0.15, 0.2) is 5.60 Å². The van der Waals surface area contributed by atoms with Gasteiger partial charge in [-0.25, -0.2) is 4.79 Å². The first-order valence-electron chi connectivity index (χ1n) is 7.00. The fraction of sp³-hybridized carbons (Fsp3) is 0.929. The standard InChI is InChI=1S/C14H22O3/c1-2-14(17,13(15)16)12-10-4-8-3-9(6-10)7-11(12)5-8/h8-12,17H,2-7H2,1H3,(H,15,16). The summed E-state index contributed by atoms with van der Waals surface area (Å²) in [5, 5.41) is 19.9. The first kappa shape index (κ1) is 11.5. The van der Waals surface area contributed by atoms with Crippen LogP contribution in [0.25, 0.3) is 0 Å². The first-order chi connectivity index (χ1) is 8.04. The van der Waals surface area contributed by atoms with E-state index < -0.39 is 11.6 Å². The average molecular weight is 238 g/mol. The van der Waals surface area contributed by atoms with E-state index in [0.717, 1.165) is 37.5 Å². The maximum atomic E-state index is 11.4. The van der Waals surface area contributed by atoms with E-state index in [-0.39, 0.29) is 5.92 Å². The van der Waals surface area contributed by atoms with Crippen LogP contribution in [0.2, 0.25) is 0 Å². The zero-order valence-corrected chi connectivity index (χ0v) is 10.4. The van der Waals surface area contributed by atoms with Gasteiger partial charge in [-0.3, -0.25) is 0 Å². The summed E-state index contributed by atoms with van der Waals surface area (Å²) in [6, 6.07) is 0. The molecule has 2 N–H and O–H groups in total. The van der Waals surface area contributed by atoms with E-state index in [4.69, 9.17) is 0 Å². The molecule has 4 aliphatic rings. The molecule has 96 valence electrons. The minimum Gasteiger partial charge on any atom is -0.479 e. The van der Waals surface area contributed by atoms with E-state index in [1.54, 1.807) is 6.92 Å². The summed E-state index contributed by atoms with van der Waals surface area (Å²) in [4.78, 5) is 11.4. The summed E-state index contributed by atoms with van der Waals surface area (Å²) in [5.74, 6) is 1.59. The molecule has 4 aliphatic carbocycles. The highest BCUT2D eigenvalue weighted by atomic mass is 16.4. The summed E-state index contributed by atoms with van der Waals surface area (Å²) in [5.41, 5.74) is -1.47. The average Bonchev–Trinajstić information content (AvgIpc) is 2.26. The third kappa shape index (κ3) is 1.55. The van der Waals surface area contributed by atoms with Gasteiger partial charge in [-0.05, 0) is 62.2 Å². The van der Waals surface area contributed by atoms with Gasteiger partial charge in [-0.15, -0.1) is 0 Å². The normalized spacial score (nSPS) is 46.8. The van der Waals surface area contributed by atoms with E-state index in [0.29, 0.717) is 18.3 Å². The Bertz CT molecular complexity index is 310. The summed E-state index contributed by atoms with van der Waals surface area (Å²) in [7, 11) is 0. The summed E-state index contributed by atoms with van der Waals surface area (Å²) < 4.78 is 0. The smallest absolute Gasteiger partial charge is 0.335 e. The van der Waals surface area contributed by atoms with Crippen molar-refractivity contribution in [1.29, 1.82) is 0 Å². The zero-order chi connectivity index (χ0) is 12.2. The van der Waals surface area contributed by atoms with Gasteiger partial charge in [0.25, 0.3) is 0 Å². The third-order valence-electron chi connectivity index (χ3n) is 5.69. The molecule has 3 nitrogen and oxygen atoms in total. The van der Waals surface area contributed by atoms with E-state index in [2.05, 4.69) is 0 Å². The lowest BCUT2D eigenvalue weighted by Gasteiger charge is -2.57. The van der Waals surface area contributed by atoms with Crippen LogP contribution < -0.4 is 0 Å². The Hall–Kier alpha value is -0.570. The number of aliphatic hydroxyl groups is 1. The lowest BCUT2D eigenvalue weighted by Crippen LogP contribution is -2.58. The van der Waals surface area contributed by atoms with E-state index in [1.165, 1.54) is 6.42 Å². The second kappa shape index (κ2) is 3.71. The molecule has 17 heavy (non-hydrogen) atoms. The molecule has 4 saturated carbocycles. The van der Waals surface area contributed by atoms with Crippen LogP contribution >= 0.6 is 0 Å². The summed E-state index contributed by atoms with van der Waals surface area (Å²) >= 11 is 0. The maximum absolute atomic E-state index is 11.4. The molecular formula is C14H22O3. The Balaban J connectivity index is 1.91. The maximum Gasteiger partial charge on any atom is 0.335 e. The van der Waals surface area contributed by atoms with Crippen LogP contribution in [-0.2, 0) is 4.79 Å². The second-order valence-electron chi connectivity index (χ2n) is 6.54. The van der Waals surface area contributed by atoms with Crippen molar-refractivity contribution in [1.82, 2.24) is 0 Å². The minimum atomic E-state index is -1.47. The van der Waals surface area contributed by atoms with Crippen LogP contribution in [0, 0.1) is 29.6 Å². The van der Waals surface area contributed by atoms with Crippen LogP contribution in [0.5, 0.6) is 0 Å². The van der Waals surface area contributed by atoms with Gasteiger partial charge >= 0.3 is 5.97 Å². The van der Waals surface area contributed by atoms with Gasteiger partial charge in [0.1, 0.15) is 0 Å². The van der Waals surface area contributed by atoms with Crippen molar-refractivity contribution in [2.45, 2.75) is 51.0 Å². The molecule has 0 aromatic rings. The topological polar surface area (TPSA) is 57.5 Å². The molecule has 0 radical (unpaired) electrons. The quantitative estimate of drug-likeness (QED) is 0.793. The molecule has 0 aromatic carbocycles. The van der Waals surface area contributed by atoms with Crippen molar-refractivity contribution in [2.75, 3.05) is 0 Å². The Morgan fingerprint density at radius 3 is 1.94 bits per heavy atom. The van der Waals surface area contributed by atoms with Crippen molar-refractivity contribution in [3.63, 3.8) is 0 Å². The molecule has 4 rings (SSSR count). The minimum absolute atomic E-state index is 0.0119. The molecule has 0 aliphatic heterocycles. The predicted molar refractivity (Wildman–Crippen MR) is 63.4 cm³/mol. The Morgan fingerprint density at radius 1 is 1.12 bits per heavy atom. The van der Waals surface area contributed by atoms with Gasteiger partial charge in [-0.1, -0.05) is 6.92 Å². The molecule has 0 heterocycles. The summed E-state index contributed by atoms with van der Waals surface area (Å²) in [6.45, 7) is 1.80. The van der Waals surface area contributed by atoms with Gasteiger partial charge < -0.3 is 10.2 Å². The lowest BCUT2D eigenvalue weighted by atomic mass is 9.48. The highest BCUT2D eigenvalue weighted by Gasteiger charge is 2.57. The van der Waals surface area contributed by atoms with E-state index in [9.17, 15) is 15.0 Å². The zero-order valence-electron chi connectivity index (χ0n) is 10.4. The molecule has 3 heteroatoms. The van der Waals surface area contributed by atoms with Gasteiger partial charge in [0.2, 0.25) is 0 Å². The molecule has 4 bridgehead atoms. The first-order valence-corrected chi connectivity index (χ1v) is 7.00. The fourth-order valence-corrected chi connectivity index (χ4v) is 5.23. The Morgan fingerprint density at radius 2 is 1.59 bits per heavy atom. The highest BCUT2D eigenvalue weighted by molar-refractivity contribution is 5.77. The van der Waals surface area contributed by atoms with Crippen molar-refractivity contribution < 1.29 is 15.0 Å². The van der Waals surface area contributed by atoms with Crippen LogP contribution in [0.4, 0.5) is 0 Å². The van der Waals surface area contributed by atoms with Crippen molar-refractivity contribution in [3.05, 3.63) is 0 Å². The molecule has 4 fully saturated rings.